The van der Waals surface area contributed by atoms with Gasteiger partial charge in [-0.15, -0.1) is 0 Å². The molecule has 0 amide bonds. The van der Waals surface area contributed by atoms with Crippen LogP contribution >= 0.6 is 11.6 Å². The number of halogens is 1. The summed E-state index contributed by atoms with van der Waals surface area (Å²) in [6, 6.07) is 16.7. The normalized spacial score (nSPS) is 21.6. The van der Waals surface area contributed by atoms with Gasteiger partial charge in [0.25, 0.3) is 0 Å². The summed E-state index contributed by atoms with van der Waals surface area (Å²) < 4.78 is 6.20. The number of piperazine rings is 1. The summed E-state index contributed by atoms with van der Waals surface area (Å²) in [7, 11) is 0. The molecule has 1 atom stereocenters. The van der Waals surface area contributed by atoms with Crippen molar-refractivity contribution in [2.24, 2.45) is 0 Å². The molecule has 0 aromatic heterocycles. The molecule has 2 aromatic carbocycles. The number of fused-ring (bicyclic) bond motifs is 1. The molecule has 4 rings (SSSR count). The highest BCUT2D eigenvalue weighted by Gasteiger charge is 2.24. The van der Waals surface area contributed by atoms with Crippen molar-refractivity contribution in [3.05, 3.63) is 64.7 Å². The Kier molecular flexibility index (Phi) is 5.25. The van der Waals surface area contributed by atoms with Crippen LogP contribution in [-0.4, -0.2) is 48.6 Å². The molecular weight excluding hydrogens is 332 g/mol. The number of para-hydroxylation sites is 1. The van der Waals surface area contributed by atoms with E-state index in [0.717, 1.165) is 62.9 Å². The highest BCUT2D eigenvalue weighted by molar-refractivity contribution is 6.30. The zero-order valence-electron chi connectivity index (χ0n) is 14.5. The Labute approximate surface area is 155 Å². The monoisotopic (exact) mass is 356 g/mol. The zero-order valence-corrected chi connectivity index (χ0v) is 15.3. The molecule has 2 aromatic rings. The lowest BCUT2D eigenvalue weighted by Crippen LogP contribution is -2.49. The van der Waals surface area contributed by atoms with Gasteiger partial charge in [0.05, 0.1) is 0 Å². The van der Waals surface area contributed by atoms with E-state index in [1.54, 1.807) is 0 Å². The summed E-state index contributed by atoms with van der Waals surface area (Å²) in [5.74, 6) is 1.08. The second-order valence-electron chi connectivity index (χ2n) is 7.09. The molecule has 0 N–H and O–H groups in total. The first-order chi connectivity index (χ1) is 12.3. The van der Waals surface area contributed by atoms with E-state index >= 15 is 0 Å². The fraction of sp³-hybridized carbons (Fsp3) is 0.429. The van der Waals surface area contributed by atoms with Crippen LogP contribution in [0.4, 0.5) is 0 Å². The third-order valence-electron chi connectivity index (χ3n) is 5.25. The molecule has 0 spiro atoms. The molecule has 0 bridgehead atoms. The summed E-state index contributed by atoms with van der Waals surface area (Å²) in [5.41, 5.74) is 2.69. The van der Waals surface area contributed by atoms with E-state index in [2.05, 4.69) is 46.2 Å². The van der Waals surface area contributed by atoms with Gasteiger partial charge < -0.3 is 4.74 Å². The maximum Gasteiger partial charge on any atom is 0.122 e. The summed E-state index contributed by atoms with van der Waals surface area (Å²) in [5, 5.41) is 0.808. The van der Waals surface area contributed by atoms with Gasteiger partial charge >= 0.3 is 0 Å². The summed E-state index contributed by atoms with van der Waals surface area (Å²) in [6.07, 6.45) is 2.59. The van der Waals surface area contributed by atoms with Crippen molar-refractivity contribution in [3.8, 4) is 5.75 Å². The van der Waals surface area contributed by atoms with Crippen LogP contribution in [0.15, 0.2) is 48.5 Å². The fourth-order valence-corrected chi connectivity index (χ4v) is 3.90. The van der Waals surface area contributed by atoms with Crippen molar-refractivity contribution >= 4 is 11.6 Å². The van der Waals surface area contributed by atoms with Gasteiger partial charge in [0.15, 0.2) is 0 Å². The molecule has 25 heavy (non-hydrogen) atoms. The first-order valence-corrected chi connectivity index (χ1v) is 9.58. The average Bonchev–Trinajstić information content (AvgIpc) is 2.65. The van der Waals surface area contributed by atoms with Gasteiger partial charge in [-0.25, -0.2) is 0 Å². The Morgan fingerprint density at radius 3 is 2.44 bits per heavy atom. The molecule has 2 heterocycles. The van der Waals surface area contributed by atoms with Gasteiger partial charge in [-0.3, -0.25) is 9.80 Å². The Morgan fingerprint density at radius 1 is 0.920 bits per heavy atom. The highest BCUT2D eigenvalue weighted by Crippen LogP contribution is 2.27. The highest BCUT2D eigenvalue weighted by atomic mass is 35.5. The number of nitrogens with zero attached hydrogens (tertiary/aromatic N) is 2. The molecule has 0 radical (unpaired) electrons. The molecule has 3 nitrogen and oxygen atoms in total. The van der Waals surface area contributed by atoms with Crippen LogP contribution in [-0.2, 0) is 13.0 Å². The number of aryl methyl sites for hydroxylation is 1. The van der Waals surface area contributed by atoms with Crippen molar-refractivity contribution < 1.29 is 4.74 Å². The molecule has 2 aliphatic heterocycles. The molecule has 0 saturated carbocycles. The Bertz CT molecular complexity index is 695. The number of benzene rings is 2. The van der Waals surface area contributed by atoms with Crippen LogP contribution in [0, 0.1) is 0 Å². The standard InChI is InChI=1S/C21H25ClN2O/c22-19-8-5-17(6-9-19)15-23-11-13-24(14-12-23)16-20-10-7-18-3-1-2-4-21(18)25-20/h1-6,8-9,20H,7,10-16H2. The van der Waals surface area contributed by atoms with Crippen LogP contribution in [0.5, 0.6) is 5.75 Å². The van der Waals surface area contributed by atoms with E-state index in [0.29, 0.717) is 6.10 Å². The summed E-state index contributed by atoms with van der Waals surface area (Å²) in [6.45, 7) is 6.53. The van der Waals surface area contributed by atoms with Gasteiger partial charge in [-0.05, 0) is 42.2 Å². The van der Waals surface area contributed by atoms with Crippen molar-refractivity contribution in [3.63, 3.8) is 0 Å². The third-order valence-corrected chi connectivity index (χ3v) is 5.50. The van der Waals surface area contributed by atoms with Gasteiger partial charge in [-0.2, -0.15) is 0 Å². The van der Waals surface area contributed by atoms with Crippen LogP contribution < -0.4 is 4.74 Å². The number of hydrogen-bond donors (Lipinski definition) is 0. The number of ether oxygens (including phenoxy) is 1. The van der Waals surface area contributed by atoms with Crippen LogP contribution in [0.25, 0.3) is 0 Å². The lowest BCUT2D eigenvalue weighted by molar-refractivity contribution is 0.0722. The van der Waals surface area contributed by atoms with Gasteiger partial charge in [0.2, 0.25) is 0 Å². The van der Waals surface area contributed by atoms with Crippen molar-refractivity contribution in [2.45, 2.75) is 25.5 Å². The first-order valence-electron chi connectivity index (χ1n) is 9.20. The van der Waals surface area contributed by atoms with Crippen LogP contribution in [0.1, 0.15) is 17.5 Å². The molecule has 1 saturated heterocycles. The second kappa shape index (κ2) is 7.77. The molecule has 1 unspecified atom stereocenters. The molecule has 132 valence electrons. The van der Waals surface area contributed by atoms with E-state index < -0.39 is 0 Å². The van der Waals surface area contributed by atoms with Crippen LogP contribution in [0.3, 0.4) is 0 Å². The van der Waals surface area contributed by atoms with Crippen molar-refractivity contribution in [1.82, 2.24) is 9.80 Å². The lowest BCUT2D eigenvalue weighted by Gasteiger charge is -2.37. The Morgan fingerprint density at radius 2 is 1.64 bits per heavy atom. The molecule has 2 aliphatic rings. The second-order valence-corrected chi connectivity index (χ2v) is 7.53. The maximum atomic E-state index is 6.20. The fourth-order valence-electron chi connectivity index (χ4n) is 3.77. The smallest absolute Gasteiger partial charge is 0.122 e. The van der Waals surface area contributed by atoms with E-state index in [9.17, 15) is 0 Å². The van der Waals surface area contributed by atoms with Gasteiger partial charge in [0.1, 0.15) is 11.9 Å². The largest absolute Gasteiger partial charge is 0.489 e. The van der Waals surface area contributed by atoms with E-state index in [-0.39, 0.29) is 0 Å². The number of hydrogen-bond acceptors (Lipinski definition) is 3. The summed E-state index contributed by atoms with van der Waals surface area (Å²) >= 11 is 5.97. The Balaban J connectivity index is 1.25. The summed E-state index contributed by atoms with van der Waals surface area (Å²) in [4.78, 5) is 5.08. The predicted molar refractivity (Wildman–Crippen MR) is 102 cm³/mol. The van der Waals surface area contributed by atoms with Gasteiger partial charge in [-0.1, -0.05) is 41.9 Å². The quantitative estimate of drug-likeness (QED) is 0.827. The van der Waals surface area contributed by atoms with E-state index in [1.807, 2.05) is 12.1 Å². The SMILES string of the molecule is Clc1ccc(CN2CCN(CC3CCc4ccccc4O3)CC2)cc1. The third kappa shape index (κ3) is 4.35. The minimum absolute atomic E-state index is 0.331. The van der Waals surface area contributed by atoms with Crippen LogP contribution in [0.2, 0.25) is 5.02 Å². The molecule has 0 aliphatic carbocycles. The Hall–Kier alpha value is -1.55. The van der Waals surface area contributed by atoms with E-state index in [4.69, 9.17) is 16.3 Å². The lowest BCUT2D eigenvalue weighted by atomic mass is 10.0. The topological polar surface area (TPSA) is 15.7 Å². The predicted octanol–water partition coefficient (Wildman–Crippen LogP) is 3.85. The van der Waals surface area contributed by atoms with Gasteiger partial charge in [0, 0.05) is 44.3 Å². The number of rotatable bonds is 4. The zero-order chi connectivity index (χ0) is 17.1. The molecular formula is C21H25ClN2O. The maximum absolute atomic E-state index is 6.20. The molecule has 4 heteroatoms. The average molecular weight is 357 g/mol. The minimum Gasteiger partial charge on any atom is -0.489 e. The first kappa shape index (κ1) is 16.9. The molecule has 1 fully saturated rings. The van der Waals surface area contributed by atoms with Crippen molar-refractivity contribution in [2.75, 3.05) is 32.7 Å². The van der Waals surface area contributed by atoms with Crippen molar-refractivity contribution in [1.29, 1.82) is 0 Å². The minimum atomic E-state index is 0.331. The van der Waals surface area contributed by atoms with E-state index in [1.165, 1.54) is 11.1 Å².